The number of benzene rings is 7. The van der Waals surface area contributed by atoms with Crippen LogP contribution in [0, 0.1) is 0 Å². The van der Waals surface area contributed by atoms with Crippen molar-refractivity contribution in [3.63, 3.8) is 0 Å². The number of carbonyl (C=O) groups excluding carboxylic acids is 1. The molecule has 0 aliphatic carbocycles. The van der Waals surface area contributed by atoms with Gasteiger partial charge >= 0.3 is 5.97 Å². The van der Waals surface area contributed by atoms with Crippen LogP contribution in [0.15, 0.2) is 118 Å². The monoisotopic (exact) mass is 580 g/mol. The molecule has 7 aromatic carbocycles. The molecule has 0 spiro atoms. The van der Waals surface area contributed by atoms with Crippen molar-refractivity contribution in [3.8, 4) is 11.1 Å². The Morgan fingerprint density at radius 1 is 0.625 bits per heavy atom. The second-order valence-electron chi connectivity index (χ2n) is 10.1. The van der Waals surface area contributed by atoms with Crippen LogP contribution in [-0.2, 0) is 4.74 Å². The van der Waals surface area contributed by atoms with Gasteiger partial charge in [-0.25, -0.2) is 4.79 Å². The number of furan rings is 1. The number of hydrogen-bond donors (Lipinski definition) is 0. The summed E-state index contributed by atoms with van der Waals surface area (Å²) in [5, 5.41) is 11.8. The number of rotatable bonds is 2. The van der Waals surface area contributed by atoms with Crippen LogP contribution in [0.2, 0.25) is 0 Å². The van der Waals surface area contributed by atoms with Crippen molar-refractivity contribution in [2.75, 3.05) is 7.11 Å². The van der Waals surface area contributed by atoms with E-state index in [1.54, 1.807) is 6.07 Å². The van der Waals surface area contributed by atoms with Gasteiger partial charge in [-0.1, -0.05) is 88.7 Å². The van der Waals surface area contributed by atoms with Crippen LogP contribution in [0.3, 0.4) is 0 Å². The van der Waals surface area contributed by atoms with Gasteiger partial charge in [0.15, 0.2) is 0 Å². The molecule has 0 fully saturated rings. The van der Waals surface area contributed by atoms with Crippen molar-refractivity contribution in [1.82, 2.24) is 0 Å². The molecule has 8 rings (SSSR count). The zero-order valence-corrected chi connectivity index (χ0v) is 23.1. The van der Waals surface area contributed by atoms with Gasteiger partial charge in [-0.05, 0) is 90.6 Å². The number of esters is 1. The van der Waals surface area contributed by atoms with Crippen LogP contribution in [0.4, 0.5) is 0 Å². The van der Waals surface area contributed by atoms with Crippen molar-refractivity contribution in [3.05, 3.63) is 119 Å². The number of fused-ring (bicyclic) bond motifs is 11. The molecule has 40 heavy (non-hydrogen) atoms. The molecule has 0 atom stereocenters. The minimum absolute atomic E-state index is 0.370. The summed E-state index contributed by atoms with van der Waals surface area (Å²) in [6.07, 6.45) is 0. The zero-order chi connectivity index (χ0) is 27.0. The summed E-state index contributed by atoms with van der Waals surface area (Å²) in [4.78, 5) is 12.6. The second-order valence-corrected chi connectivity index (χ2v) is 11.1. The average molecular weight is 581 g/mol. The van der Waals surface area contributed by atoms with Gasteiger partial charge in [0.2, 0.25) is 0 Å². The first-order valence-corrected chi connectivity index (χ1v) is 13.9. The molecule has 0 bridgehead atoms. The fraction of sp³-hybridized carbons (Fsp3) is 0.0278. The van der Waals surface area contributed by atoms with Gasteiger partial charge in [-0.3, -0.25) is 0 Å². The molecule has 0 radical (unpaired) electrons. The average Bonchev–Trinajstić information content (AvgIpc) is 3.36. The fourth-order valence-corrected chi connectivity index (χ4v) is 6.57. The van der Waals surface area contributed by atoms with Gasteiger partial charge in [-0.15, -0.1) is 0 Å². The summed E-state index contributed by atoms with van der Waals surface area (Å²) in [5.41, 5.74) is 3.91. The van der Waals surface area contributed by atoms with Crippen LogP contribution >= 0.6 is 15.9 Å². The Morgan fingerprint density at radius 3 is 2.20 bits per heavy atom. The minimum atomic E-state index is -0.370. The molecule has 0 N–H and O–H groups in total. The summed E-state index contributed by atoms with van der Waals surface area (Å²) in [5.74, 6) is -0.370. The van der Waals surface area contributed by atoms with Gasteiger partial charge in [-0.2, -0.15) is 0 Å². The van der Waals surface area contributed by atoms with Crippen LogP contribution in [-0.4, -0.2) is 13.1 Å². The molecule has 1 heterocycles. The number of carbonyl (C=O) groups is 1. The van der Waals surface area contributed by atoms with E-state index in [0.29, 0.717) is 5.56 Å². The molecule has 0 aliphatic heterocycles. The molecular weight excluding hydrogens is 560 g/mol. The third-order valence-corrected chi connectivity index (χ3v) is 8.51. The van der Waals surface area contributed by atoms with Crippen molar-refractivity contribution >= 4 is 86.9 Å². The Kier molecular flexibility index (Phi) is 5.04. The van der Waals surface area contributed by atoms with Crippen molar-refractivity contribution < 1.29 is 13.9 Å². The quantitative estimate of drug-likeness (QED) is 0.151. The van der Waals surface area contributed by atoms with Gasteiger partial charge < -0.3 is 9.15 Å². The lowest BCUT2D eigenvalue weighted by Gasteiger charge is -2.13. The van der Waals surface area contributed by atoms with E-state index in [1.807, 2.05) is 24.3 Å². The van der Waals surface area contributed by atoms with Gasteiger partial charge in [0.25, 0.3) is 0 Å². The summed E-state index contributed by atoms with van der Waals surface area (Å²) in [6.45, 7) is 0. The Hall–Kier alpha value is -4.67. The van der Waals surface area contributed by atoms with E-state index >= 15 is 0 Å². The highest BCUT2D eigenvalue weighted by Crippen LogP contribution is 2.43. The molecular formula is C36H21BrO3. The molecule has 1 aromatic heterocycles. The highest BCUT2D eigenvalue weighted by atomic mass is 79.9. The predicted octanol–water partition coefficient (Wildman–Crippen LogP) is 10.4. The maximum atomic E-state index is 12.6. The number of hydrogen-bond acceptors (Lipinski definition) is 3. The van der Waals surface area contributed by atoms with E-state index < -0.39 is 0 Å². The number of methoxy groups -OCH3 is 1. The molecule has 0 saturated heterocycles. The smallest absolute Gasteiger partial charge is 0.338 e. The summed E-state index contributed by atoms with van der Waals surface area (Å²) < 4.78 is 12.3. The Balaban J connectivity index is 1.48. The second kappa shape index (κ2) is 8.67. The lowest BCUT2D eigenvalue weighted by atomic mass is 9.90. The van der Waals surface area contributed by atoms with Crippen LogP contribution in [0.25, 0.3) is 76.2 Å². The van der Waals surface area contributed by atoms with E-state index in [0.717, 1.165) is 37.5 Å². The number of halogens is 1. The molecule has 0 aliphatic rings. The highest BCUT2D eigenvalue weighted by Gasteiger charge is 2.18. The highest BCUT2D eigenvalue weighted by molar-refractivity contribution is 9.10. The Labute approximate surface area is 237 Å². The predicted molar refractivity (Wildman–Crippen MR) is 168 cm³/mol. The molecule has 190 valence electrons. The number of ether oxygens (including phenoxy) is 1. The van der Waals surface area contributed by atoms with E-state index in [4.69, 9.17) is 9.15 Å². The summed E-state index contributed by atoms with van der Waals surface area (Å²) >= 11 is 3.48. The topological polar surface area (TPSA) is 39.4 Å². The van der Waals surface area contributed by atoms with E-state index in [2.05, 4.69) is 94.8 Å². The fourth-order valence-electron chi connectivity index (χ4n) is 6.21. The molecule has 4 heteroatoms. The first-order valence-electron chi connectivity index (χ1n) is 13.1. The third-order valence-electron chi connectivity index (χ3n) is 8.01. The van der Waals surface area contributed by atoms with Crippen LogP contribution in [0.1, 0.15) is 10.4 Å². The van der Waals surface area contributed by atoms with Crippen LogP contribution in [0.5, 0.6) is 0 Å². The first-order chi connectivity index (χ1) is 19.6. The zero-order valence-electron chi connectivity index (χ0n) is 21.5. The van der Waals surface area contributed by atoms with Crippen molar-refractivity contribution in [1.29, 1.82) is 0 Å². The normalized spacial score (nSPS) is 11.8. The maximum absolute atomic E-state index is 12.6. The summed E-state index contributed by atoms with van der Waals surface area (Å²) in [7, 11) is 1.40. The maximum Gasteiger partial charge on any atom is 0.338 e. The van der Waals surface area contributed by atoms with E-state index in [9.17, 15) is 4.79 Å². The molecule has 8 aromatic rings. The Bertz CT molecular complexity index is 2350. The minimum Gasteiger partial charge on any atom is -0.465 e. The SMILES string of the molecule is COC(=O)c1cc(Br)ccc1-c1ccc2oc3cc4c(cc3c2c1)c1ccccc1c1ccc2ccccc2c14. The van der Waals surface area contributed by atoms with Crippen molar-refractivity contribution in [2.24, 2.45) is 0 Å². The third kappa shape index (κ3) is 3.33. The van der Waals surface area contributed by atoms with E-state index in [1.165, 1.54) is 50.2 Å². The lowest BCUT2D eigenvalue weighted by molar-refractivity contribution is 0.0601. The standard InChI is InChI=1S/C36H21BrO3/c1-39-36(38)32-17-22(37)12-14-23(32)21-11-15-33-29(16-21)30-18-28-26-9-5-4-8-25(26)27-13-10-20-6-2-3-7-24(20)35(27)31(28)19-34(30)40-33/h2-19H,1H3. The van der Waals surface area contributed by atoms with Gasteiger partial charge in [0, 0.05) is 15.2 Å². The Morgan fingerprint density at radius 2 is 1.38 bits per heavy atom. The first kappa shape index (κ1) is 23.2. The van der Waals surface area contributed by atoms with Crippen molar-refractivity contribution in [2.45, 2.75) is 0 Å². The van der Waals surface area contributed by atoms with Crippen LogP contribution < -0.4 is 0 Å². The van der Waals surface area contributed by atoms with Gasteiger partial charge in [0.05, 0.1) is 12.7 Å². The van der Waals surface area contributed by atoms with E-state index in [-0.39, 0.29) is 5.97 Å². The molecule has 0 saturated carbocycles. The van der Waals surface area contributed by atoms with Gasteiger partial charge in [0.1, 0.15) is 11.2 Å². The largest absolute Gasteiger partial charge is 0.465 e. The molecule has 0 unspecified atom stereocenters. The summed E-state index contributed by atoms with van der Waals surface area (Å²) in [6, 6.07) is 37.9. The molecule has 0 amide bonds. The lowest BCUT2D eigenvalue weighted by Crippen LogP contribution is -2.03. The molecule has 3 nitrogen and oxygen atoms in total.